The van der Waals surface area contributed by atoms with E-state index >= 15 is 0 Å². The summed E-state index contributed by atoms with van der Waals surface area (Å²) in [6.07, 6.45) is 3.87. The van der Waals surface area contributed by atoms with Gasteiger partial charge in [0.15, 0.2) is 0 Å². The Morgan fingerprint density at radius 1 is 1.12 bits per heavy atom. The number of aromatic amines is 1. The third-order valence-electron chi connectivity index (χ3n) is 6.53. The van der Waals surface area contributed by atoms with Crippen LogP contribution in [0.2, 0.25) is 0 Å². The smallest absolute Gasteiger partial charge is 0.332 e. The minimum Gasteiger partial charge on any atom is -0.494 e. The minimum atomic E-state index is -0.393. The van der Waals surface area contributed by atoms with Crippen molar-refractivity contribution < 1.29 is 9.84 Å². The normalized spacial score (nSPS) is 14.7. The highest BCUT2D eigenvalue weighted by atomic mass is 16.5. The molecule has 0 fully saturated rings. The first-order valence-corrected chi connectivity index (χ1v) is 11.4. The van der Waals surface area contributed by atoms with E-state index in [9.17, 15) is 9.90 Å². The van der Waals surface area contributed by atoms with Crippen LogP contribution >= 0.6 is 0 Å². The Bertz CT molecular complexity index is 1550. The molecule has 0 spiro atoms. The van der Waals surface area contributed by atoms with Crippen LogP contribution in [0.3, 0.4) is 0 Å². The molecular weight excluding hydrogens is 428 g/mol. The van der Waals surface area contributed by atoms with E-state index in [2.05, 4.69) is 16.0 Å². The van der Waals surface area contributed by atoms with Crippen molar-refractivity contribution in [2.45, 2.75) is 25.9 Å². The van der Waals surface area contributed by atoms with Crippen LogP contribution in [0.25, 0.3) is 10.9 Å². The first kappa shape index (κ1) is 20.4. The number of H-pyrrole nitrogens is 1. The van der Waals surface area contributed by atoms with Crippen LogP contribution in [0, 0.1) is 0 Å². The van der Waals surface area contributed by atoms with Gasteiger partial charge in [-0.3, -0.25) is 14.1 Å². The van der Waals surface area contributed by atoms with Gasteiger partial charge in [0.2, 0.25) is 5.88 Å². The molecule has 7 heteroatoms. The maximum absolute atomic E-state index is 13.7. The van der Waals surface area contributed by atoms with Crippen LogP contribution in [0.1, 0.15) is 41.0 Å². The van der Waals surface area contributed by atoms with Crippen LogP contribution in [0.4, 0.5) is 0 Å². The molecule has 1 aliphatic heterocycles. The summed E-state index contributed by atoms with van der Waals surface area (Å²) < 4.78 is 8.78. The Hall–Kier alpha value is -4.26. The van der Waals surface area contributed by atoms with Gasteiger partial charge in [-0.25, -0.2) is 4.79 Å². The molecule has 0 amide bonds. The predicted molar refractivity (Wildman–Crippen MR) is 130 cm³/mol. The molecule has 34 heavy (non-hydrogen) atoms. The fraction of sp³-hybridized carbons (Fsp3) is 0.185. The number of fused-ring (bicyclic) bond motifs is 4. The fourth-order valence-electron chi connectivity index (χ4n) is 5.02. The molecule has 3 aromatic heterocycles. The maximum atomic E-state index is 13.7. The molecule has 2 aromatic carbocycles. The zero-order valence-electron chi connectivity index (χ0n) is 18.7. The molecule has 0 saturated heterocycles. The summed E-state index contributed by atoms with van der Waals surface area (Å²) in [4.78, 5) is 21.4. The van der Waals surface area contributed by atoms with E-state index in [-0.39, 0.29) is 18.1 Å². The van der Waals surface area contributed by atoms with Crippen LogP contribution in [-0.4, -0.2) is 30.8 Å². The molecule has 0 unspecified atom stereocenters. The first-order valence-electron chi connectivity index (χ1n) is 11.4. The lowest BCUT2D eigenvalue weighted by Gasteiger charge is -2.26. The van der Waals surface area contributed by atoms with Crippen molar-refractivity contribution in [3.8, 4) is 11.6 Å². The number of ether oxygens (including phenoxy) is 1. The van der Waals surface area contributed by atoms with Crippen molar-refractivity contribution in [2.75, 3.05) is 6.61 Å². The van der Waals surface area contributed by atoms with Gasteiger partial charge < -0.3 is 14.8 Å². The third kappa shape index (κ3) is 3.12. The van der Waals surface area contributed by atoms with E-state index in [0.29, 0.717) is 18.7 Å². The van der Waals surface area contributed by atoms with Gasteiger partial charge in [0.25, 0.3) is 0 Å². The van der Waals surface area contributed by atoms with Crippen LogP contribution in [-0.2, 0) is 13.0 Å². The molecule has 2 N–H and O–H groups in total. The molecule has 170 valence electrons. The van der Waals surface area contributed by atoms with Crippen molar-refractivity contribution in [3.05, 3.63) is 112 Å². The van der Waals surface area contributed by atoms with Crippen LogP contribution in [0.15, 0.2) is 77.9 Å². The Labute approximate surface area is 195 Å². The summed E-state index contributed by atoms with van der Waals surface area (Å²) in [6.45, 7) is 2.79. The van der Waals surface area contributed by atoms with E-state index in [1.54, 1.807) is 17.0 Å². The summed E-state index contributed by atoms with van der Waals surface area (Å²) in [7, 11) is 0. The topological polar surface area (TPSA) is 85.1 Å². The Balaban J connectivity index is 1.56. The SMILES string of the molecule is CCOc1ccc([C@H]2c3[nH]c4ccccc4c3Cc3c(O)n(Cc4cccnc4)c(=O)n32)cc1. The molecule has 7 nitrogen and oxygen atoms in total. The summed E-state index contributed by atoms with van der Waals surface area (Å²) >= 11 is 0. The minimum absolute atomic E-state index is 0.000667. The molecule has 0 aliphatic carbocycles. The van der Waals surface area contributed by atoms with Crippen molar-refractivity contribution in [1.29, 1.82) is 0 Å². The number of nitrogens with zero attached hydrogens (tertiary/aromatic N) is 3. The molecule has 1 atom stereocenters. The van der Waals surface area contributed by atoms with Gasteiger partial charge in [0, 0.05) is 35.4 Å². The predicted octanol–water partition coefficient (Wildman–Crippen LogP) is 4.22. The zero-order chi connectivity index (χ0) is 23.2. The number of rotatable bonds is 5. The average molecular weight is 453 g/mol. The quantitative estimate of drug-likeness (QED) is 0.410. The van der Waals surface area contributed by atoms with E-state index < -0.39 is 6.04 Å². The lowest BCUT2D eigenvalue weighted by atomic mass is 9.93. The Morgan fingerprint density at radius 3 is 2.71 bits per heavy atom. The molecule has 4 heterocycles. The molecule has 1 aliphatic rings. The second kappa shape index (κ2) is 7.95. The largest absolute Gasteiger partial charge is 0.494 e. The van der Waals surface area contributed by atoms with Gasteiger partial charge in [-0.1, -0.05) is 36.4 Å². The van der Waals surface area contributed by atoms with Gasteiger partial charge in [-0.2, -0.15) is 0 Å². The average Bonchev–Trinajstić information content (AvgIpc) is 3.35. The number of para-hydroxylation sites is 1. The summed E-state index contributed by atoms with van der Waals surface area (Å²) in [5.41, 5.74) is 5.25. The molecule has 0 radical (unpaired) electrons. The van der Waals surface area contributed by atoms with Crippen LogP contribution < -0.4 is 10.4 Å². The second-order valence-corrected chi connectivity index (χ2v) is 8.51. The van der Waals surface area contributed by atoms with Gasteiger partial charge in [-0.05, 0) is 47.9 Å². The Kier molecular flexibility index (Phi) is 4.76. The van der Waals surface area contributed by atoms with Crippen molar-refractivity contribution in [2.24, 2.45) is 0 Å². The number of hydrogen-bond acceptors (Lipinski definition) is 4. The van der Waals surface area contributed by atoms with Gasteiger partial charge in [0.05, 0.1) is 18.8 Å². The standard InChI is InChI=1S/C27H24N4O3/c1-2-34-19-11-9-18(10-12-19)25-24-21(20-7-3-4-8-22(20)29-24)14-23-26(32)30(27(33)31(23)25)16-17-6-5-13-28-15-17/h3-13,15,25,29,32H,2,14,16H2,1H3/t25-/m0/s1. The van der Waals surface area contributed by atoms with E-state index in [1.807, 2.05) is 61.5 Å². The van der Waals surface area contributed by atoms with Gasteiger partial charge in [0.1, 0.15) is 11.8 Å². The van der Waals surface area contributed by atoms with E-state index in [1.165, 1.54) is 4.57 Å². The summed E-state index contributed by atoms with van der Waals surface area (Å²) in [6, 6.07) is 19.3. The number of aromatic nitrogens is 4. The molecule has 0 saturated carbocycles. The number of pyridine rings is 1. The first-order chi connectivity index (χ1) is 16.7. The molecule has 6 rings (SSSR count). The van der Waals surface area contributed by atoms with Gasteiger partial charge >= 0.3 is 5.69 Å². The maximum Gasteiger partial charge on any atom is 0.332 e. The highest BCUT2D eigenvalue weighted by molar-refractivity contribution is 5.86. The third-order valence-corrected chi connectivity index (χ3v) is 6.53. The van der Waals surface area contributed by atoms with Crippen molar-refractivity contribution in [3.63, 3.8) is 0 Å². The summed E-state index contributed by atoms with van der Waals surface area (Å²) in [5.74, 6) is 0.782. The van der Waals surface area contributed by atoms with Gasteiger partial charge in [-0.15, -0.1) is 0 Å². The molecule has 0 bridgehead atoms. The zero-order valence-corrected chi connectivity index (χ0v) is 18.7. The fourth-order valence-corrected chi connectivity index (χ4v) is 5.02. The highest BCUT2D eigenvalue weighted by Gasteiger charge is 2.35. The van der Waals surface area contributed by atoms with Crippen molar-refractivity contribution >= 4 is 10.9 Å². The monoisotopic (exact) mass is 452 g/mol. The number of nitrogens with one attached hydrogen (secondary N) is 1. The van der Waals surface area contributed by atoms with Crippen LogP contribution in [0.5, 0.6) is 11.6 Å². The second-order valence-electron chi connectivity index (χ2n) is 8.51. The highest BCUT2D eigenvalue weighted by Crippen LogP contribution is 2.41. The number of imidazole rings is 1. The number of benzene rings is 2. The summed E-state index contributed by atoms with van der Waals surface area (Å²) in [5, 5.41) is 12.3. The van der Waals surface area contributed by atoms with E-state index in [0.717, 1.165) is 39.0 Å². The lowest BCUT2D eigenvalue weighted by Crippen LogP contribution is -2.32. The number of hydrogen-bond donors (Lipinski definition) is 2. The van der Waals surface area contributed by atoms with Crippen molar-refractivity contribution in [1.82, 2.24) is 19.1 Å². The Morgan fingerprint density at radius 2 is 1.94 bits per heavy atom. The lowest BCUT2D eigenvalue weighted by molar-refractivity contribution is 0.340. The molecular formula is C27H24N4O3. The van der Waals surface area contributed by atoms with E-state index in [4.69, 9.17) is 4.74 Å². The number of aromatic hydroxyl groups is 1. The molecule has 5 aromatic rings.